The Morgan fingerprint density at radius 3 is 1.86 bits per heavy atom. The van der Waals surface area contributed by atoms with Gasteiger partial charge in [0, 0.05) is 25.6 Å². The number of amides is 1. The maximum Gasteiger partial charge on any atom is 0.407 e. The number of rotatable bonds is 24. The van der Waals surface area contributed by atoms with Gasteiger partial charge in [0.15, 0.2) is 0 Å². The van der Waals surface area contributed by atoms with Crippen LogP contribution in [0, 0.1) is 0 Å². The Morgan fingerprint density at radius 1 is 0.865 bits per heavy atom. The molecule has 1 amide bonds. The minimum Gasteiger partial charge on any atom is -0.457 e. The van der Waals surface area contributed by atoms with Crippen LogP contribution in [0.15, 0.2) is 5.38 Å². The number of aromatic nitrogens is 1. The fourth-order valence-corrected chi connectivity index (χ4v) is 4.71. The van der Waals surface area contributed by atoms with Crippen molar-refractivity contribution in [2.24, 2.45) is 5.73 Å². The zero-order chi connectivity index (χ0) is 27.0. The number of esters is 1. The second-order valence-electron chi connectivity index (χ2n) is 9.63. The quantitative estimate of drug-likeness (QED) is 0.110. The van der Waals surface area contributed by atoms with Crippen molar-refractivity contribution >= 4 is 23.4 Å². The number of ether oxygens (including phenoxy) is 3. The fourth-order valence-electron chi connectivity index (χ4n) is 3.99. The molecule has 0 saturated heterocycles. The lowest BCUT2D eigenvalue weighted by Crippen LogP contribution is -2.32. The molecule has 3 N–H and O–H groups in total. The third-order valence-electron chi connectivity index (χ3n) is 6.37. The molecule has 8 nitrogen and oxygen atoms in total. The van der Waals surface area contributed by atoms with Gasteiger partial charge in [-0.2, -0.15) is 0 Å². The Bertz CT molecular complexity index is 701. The average Bonchev–Trinajstić information content (AvgIpc) is 3.40. The molecule has 1 rings (SSSR count). The molecule has 0 aliphatic carbocycles. The summed E-state index contributed by atoms with van der Waals surface area (Å²) < 4.78 is 15.6. The van der Waals surface area contributed by atoms with Gasteiger partial charge in [-0.15, -0.1) is 11.3 Å². The predicted molar refractivity (Wildman–Crippen MR) is 150 cm³/mol. The molecule has 0 aliphatic heterocycles. The van der Waals surface area contributed by atoms with Crippen molar-refractivity contribution in [1.82, 2.24) is 10.3 Å². The van der Waals surface area contributed by atoms with E-state index < -0.39 is 18.2 Å². The number of nitrogens with two attached hydrogens (primary N) is 1. The van der Waals surface area contributed by atoms with Gasteiger partial charge in [-0.1, -0.05) is 103 Å². The van der Waals surface area contributed by atoms with Crippen molar-refractivity contribution in [1.29, 1.82) is 0 Å². The highest BCUT2D eigenvalue weighted by Crippen LogP contribution is 2.14. The molecule has 1 heterocycles. The van der Waals surface area contributed by atoms with Crippen molar-refractivity contribution in [3.05, 3.63) is 16.1 Å². The number of carbonyl (C=O) groups is 2. The van der Waals surface area contributed by atoms with Crippen LogP contribution in [0.3, 0.4) is 0 Å². The number of unbranched alkanes of at least 4 members (excludes halogenated alkanes) is 15. The first-order chi connectivity index (χ1) is 18.1. The highest BCUT2D eigenvalue weighted by molar-refractivity contribution is 7.11. The fraction of sp³-hybridized carbons (Fsp3) is 0.821. The Labute approximate surface area is 228 Å². The van der Waals surface area contributed by atoms with E-state index in [0.29, 0.717) is 12.2 Å². The van der Waals surface area contributed by atoms with E-state index in [4.69, 9.17) is 19.9 Å². The minimum atomic E-state index is -0.542. The van der Waals surface area contributed by atoms with Gasteiger partial charge in [-0.25, -0.2) is 14.6 Å². The van der Waals surface area contributed by atoms with Gasteiger partial charge in [0.2, 0.25) is 5.01 Å². The SMILES string of the molecule is CCCCCCCCCCCCCCCCCCNC(=O)OCC(COC(=O)c1nc(CN)cs1)OC. The van der Waals surface area contributed by atoms with Crippen LogP contribution < -0.4 is 11.1 Å². The molecular formula is C28H51N3O5S. The van der Waals surface area contributed by atoms with Gasteiger partial charge < -0.3 is 25.3 Å². The Kier molecular flexibility index (Phi) is 21.1. The van der Waals surface area contributed by atoms with Gasteiger partial charge >= 0.3 is 12.1 Å². The van der Waals surface area contributed by atoms with Crippen molar-refractivity contribution in [3.8, 4) is 0 Å². The van der Waals surface area contributed by atoms with Gasteiger partial charge in [0.05, 0.1) is 5.69 Å². The minimum absolute atomic E-state index is 0.000487. The van der Waals surface area contributed by atoms with Crippen molar-refractivity contribution < 1.29 is 23.8 Å². The zero-order valence-corrected chi connectivity index (χ0v) is 24.1. The van der Waals surface area contributed by atoms with E-state index in [1.165, 1.54) is 108 Å². The summed E-state index contributed by atoms with van der Waals surface area (Å²) in [5.74, 6) is -0.542. The lowest BCUT2D eigenvalue weighted by Gasteiger charge is -2.15. The summed E-state index contributed by atoms with van der Waals surface area (Å²) in [6.07, 6.45) is 20.1. The van der Waals surface area contributed by atoms with E-state index in [0.717, 1.165) is 12.8 Å². The molecule has 0 spiro atoms. The number of hydrogen-bond donors (Lipinski definition) is 2. The molecule has 0 bridgehead atoms. The lowest BCUT2D eigenvalue weighted by molar-refractivity contribution is -0.0149. The van der Waals surface area contributed by atoms with Crippen LogP contribution in [0.4, 0.5) is 4.79 Å². The summed E-state index contributed by atoms with van der Waals surface area (Å²) in [6, 6.07) is 0. The summed E-state index contributed by atoms with van der Waals surface area (Å²) in [7, 11) is 1.48. The molecule has 0 saturated carbocycles. The maximum atomic E-state index is 12.0. The molecule has 214 valence electrons. The topological polar surface area (TPSA) is 113 Å². The van der Waals surface area contributed by atoms with Crippen LogP contribution in [0.1, 0.15) is 125 Å². The molecule has 1 unspecified atom stereocenters. The van der Waals surface area contributed by atoms with Gasteiger partial charge in [-0.3, -0.25) is 0 Å². The third-order valence-corrected chi connectivity index (χ3v) is 7.24. The van der Waals surface area contributed by atoms with Gasteiger partial charge in [0.25, 0.3) is 0 Å². The average molecular weight is 542 g/mol. The molecule has 0 fully saturated rings. The molecule has 9 heteroatoms. The van der Waals surface area contributed by atoms with Crippen LogP contribution in [0.2, 0.25) is 0 Å². The highest BCUT2D eigenvalue weighted by atomic mass is 32.1. The molecular weight excluding hydrogens is 490 g/mol. The monoisotopic (exact) mass is 541 g/mol. The van der Waals surface area contributed by atoms with Crippen molar-refractivity contribution in [2.75, 3.05) is 26.9 Å². The number of thiazole rings is 1. The Morgan fingerprint density at radius 2 is 1.38 bits per heavy atom. The van der Waals surface area contributed by atoms with Gasteiger partial charge in [0.1, 0.15) is 19.3 Å². The van der Waals surface area contributed by atoms with Crippen LogP contribution in [0.5, 0.6) is 0 Å². The predicted octanol–water partition coefficient (Wildman–Crippen LogP) is 6.76. The van der Waals surface area contributed by atoms with E-state index in [-0.39, 0.29) is 24.8 Å². The summed E-state index contributed by atoms with van der Waals surface area (Å²) >= 11 is 1.18. The van der Waals surface area contributed by atoms with E-state index in [1.807, 2.05) is 0 Å². The largest absolute Gasteiger partial charge is 0.457 e. The number of nitrogens with one attached hydrogen (secondary N) is 1. The number of alkyl carbamates (subject to hydrolysis) is 1. The molecule has 1 atom stereocenters. The molecule has 0 radical (unpaired) electrons. The summed E-state index contributed by atoms with van der Waals surface area (Å²) in [4.78, 5) is 28.0. The molecule has 1 aromatic rings. The van der Waals surface area contributed by atoms with Crippen LogP contribution >= 0.6 is 11.3 Å². The first kappa shape index (κ1) is 33.3. The first-order valence-electron chi connectivity index (χ1n) is 14.4. The Hall–Kier alpha value is -1.71. The van der Waals surface area contributed by atoms with Crippen molar-refractivity contribution in [2.45, 2.75) is 122 Å². The second kappa shape index (κ2) is 23.4. The molecule has 37 heavy (non-hydrogen) atoms. The number of carbonyl (C=O) groups excluding carboxylic acids is 2. The van der Waals surface area contributed by atoms with E-state index in [2.05, 4.69) is 17.2 Å². The van der Waals surface area contributed by atoms with E-state index in [9.17, 15) is 9.59 Å². The Balaban J connectivity index is 1.90. The number of methoxy groups -OCH3 is 1. The first-order valence-corrected chi connectivity index (χ1v) is 15.2. The number of nitrogens with zero attached hydrogens (tertiary/aromatic N) is 1. The van der Waals surface area contributed by atoms with Gasteiger partial charge in [-0.05, 0) is 6.42 Å². The zero-order valence-electron chi connectivity index (χ0n) is 23.3. The highest BCUT2D eigenvalue weighted by Gasteiger charge is 2.17. The molecule has 0 aromatic carbocycles. The van der Waals surface area contributed by atoms with E-state index >= 15 is 0 Å². The molecule has 1 aromatic heterocycles. The third kappa shape index (κ3) is 18.2. The summed E-state index contributed by atoms with van der Waals surface area (Å²) in [5, 5.41) is 4.73. The van der Waals surface area contributed by atoms with Crippen LogP contribution in [0.25, 0.3) is 0 Å². The summed E-state index contributed by atoms with van der Waals surface area (Å²) in [6.45, 7) is 3.11. The number of hydrogen-bond acceptors (Lipinski definition) is 8. The van der Waals surface area contributed by atoms with E-state index in [1.54, 1.807) is 5.38 Å². The molecule has 0 aliphatic rings. The van der Waals surface area contributed by atoms with Crippen molar-refractivity contribution in [3.63, 3.8) is 0 Å². The van der Waals surface area contributed by atoms with Crippen LogP contribution in [-0.4, -0.2) is 50.0 Å². The smallest absolute Gasteiger partial charge is 0.407 e. The lowest BCUT2D eigenvalue weighted by atomic mass is 10.0. The summed E-state index contributed by atoms with van der Waals surface area (Å²) in [5.41, 5.74) is 6.14. The van der Waals surface area contributed by atoms with Crippen LogP contribution in [-0.2, 0) is 20.8 Å². The standard InChI is InChI=1S/C28H51N3O5S/c1-3-4-5-6-7-8-9-10-11-12-13-14-15-16-17-18-19-30-28(33)36-22-25(34-2)21-35-27(32)26-31-24(20-29)23-37-26/h23,25H,3-22,29H2,1-2H3,(H,30,33). The normalized spacial score (nSPS) is 11.9. The second-order valence-corrected chi connectivity index (χ2v) is 10.5. The maximum absolute atomic E-state index is 12.0.